The number of carbonyl (C=O) groups excluding carboxylic acids is 4. The van der Waals surface area contributed by atoms with Crippen molar-refractivity contribution in [3.8, 4) is 33.6 Å². The number of hydrogen-bond acceptors (Lipinski definition) is 8. The predicted molar refractivity (Wildman–Crippen MR) is 192 cm³/mol. The fourth-order valence-electron chi connectivity index (χ4n) is 6.67. The molecule has 55 heavy (non-hydrogen) atoms. The van der Waals surface area contributed by atoms with Crippen LogP contribution in [0.5, 0.6) is 0 Å². The number of amides is 4. The number of alkyl halides is 4. The number of aromatic nitrogens is 4. The number of benzene rings is 2. The molecule has 0 aliphatic carbocycles. The van der Waals surface area contributed by atoms with Gasteiger partial charge in [-0.2, -0.15) is 0 Å². The number of aromatic amines is 2. The fourth-order valence-corrected chi connectivity index (χ4v) is 6.67. The van der Waals surface area contributed by atoms with E-state index >= 15 is 0 Å². The topological polar surface area (TPSA) is 175 Å². The van der Waals surface area contributed by atoms with Crippen LogP contribution < -0.4 is 10.6 Å². The Morgan fingerprint density at radius 1 is 0.673 bits per heavy atom. The Labute approximate surface area is 314 Å². The third-order valence-corrected chi connectivity index (χ3v) is 9.43. The minimum Gasteiger partial charge on any atom is -0.453 e. The Morgan fingerprint density at radius 3 is 1.33 bits per heavy atom. The molecule has 2 aliphatic rings. The molecular formula is C37H42F4N8O6. The van der Waals surface area contributed by atoms with E-state index < -0.39 is 85.9 Å². The van der Waals surface area contributed by atoms with Crippen LogP contribution in [0.15, 0.2) is 60.9 Å². The van der Waals surface area contributed by atoms with Crippen molar-refractivity contribution in [2.24, 2.45) is 0 Å². The van der Waals surface area contributed by atoms with E-state index in [4.69, 9.17) is 0 Å². The lowest BCUT2D eigenvalue weighted by atomic mass is 10.0. The van der Waals surface area contributed by atoms with Crippen LogP contribution >= 0.6 is 0 Å². The number of hydrogen-bond donors (Lipinski definition) is 4. The van der Waals surface area contributed by atoms with Gasteiger partial charge < -0.3 is 39.9 Å². The van der Waals surface area contributed by atoms with Crippen molar-refractivity contribution in [2.45, 2.75) is 70.1 Å². The number of likely N-dealkylation sites (tertiary alicyclic amines) is 2. The van der Waals surface area contributed by atoms with Crippen molar-refractivity contribution in [3.05, 3.63) is 72.6 Å². The summed E-state index contributed by atoms with van der Waals surface area (Å²) in [5.41, 5.74) is 4.30. The van der Waals surface area contributed by atoms with Crippen molar-refractivity contribution < 1.29 is 46.2 Å². The zero-order chi connectivity index (χ0) is 38.9. The smallest absolute Gasteiger partial charge is 0.407 e. The van der Waals surface area contributed by atoms with Gasteiger partial charge in [0.15, 0.2) is 0 Å². The van der Waals surface area contributed by atoms with Crippen LogP contribution in [0, 0.1) is 0 Å². The molecule has 2 aliphatic heterocycles. The summed E-state index contributed by atoms with van der Waals surface area (Å²) in [6.07, 6.45) is 0.0495. The second-order valence-electron chi connectivity index (χ2n) is 13.3. The largest absolute Gasteiger partial charge is 0.453 e. The van der Waals surface area contributed by atoms with Gasteiger partial charge in [0, 0.05) is 12.8 Å². The number of H-pyrrole nitrogens is 2. The molecule has 4 amide bonds. The number of halogens is 4. The summed E-state index contributed by atoms with van der Waals surface area (Å²) in [7, 11) is 2.27. The molecule has 4 N–H and O–H groups in total. The standard InChI is InChI=1S/C36H38F4N8O6.CH4/c1-19(43-33(51)53-3)31(49)47-17-35(37,38)13-27(47)29-41-15-25(45-29)23-9-5-21(6-10-23)22-7-11-24(12-8-22)26-16-42-30(46-26)28-14-36(39,40)18-48(28)32(50)20(2)44-34(52)54-4;/h5-12,15-16,19-20,27-28H,13-14,17-18H2,1-4H3,(H,41,45)(H,42,46)(H,43,51)(H,44,52);1H4/t19-,20-,27-,28-;/m0./s1. The minimum atomic E-state index is -3.14. The van der Waals surface area contributed by atoms with Crippen LogP contribution in [-0.4, -0.2) is 105 Å². The molecule has 4 heterocycles. The molecule has 2 fully saturated rings. The summed E-state index contributed by atoms with van der Waals surface area (Å²) in [5, 5.41) is 4.63. The van der Waals surface area contributed by atoms with E-state index in [9.17, 15) is 36.7 Å². The normalized spacial score (nSPS) is 19.6. The molecule has 0 spiro atoms. The highest BCUT2D eigenvalue weighted by Gasteiger charge is 2.50. The number of carbonyl (C=O) groups is 4. The highest BCUT2D eigenvalue weighted by molar-refractivity contribution is 5.86. The Kier molecular flexibility index (Phi) is 11.6. The molecule has 14 nitrogen and oxygen atoms in total. The zero-order valence-electron chi connectivity index (χ0n) is 29.7. The van der Waals surface area contributed by atoms with E-state index in [2.05, 4.69) is 40.0 Å². The Morgan fingerprint density at radius 2 is 1.00 bits per heavy atom. The summed E-state index contributed by atoms with van der Waals surface area (Å²) in [6, 6.07) is 10.6. The molecule has 0 unspecified atom stereocenters. The van der Waals surface area contributed by atoms with Gasteiger partial charge in [-0.25, -0.2) is 37.1 Å². The maximum atomic E-state index is 14.5. The summed E-state index contributed by atoms with van der Waals surface area (Å²) in [4.78, 5) is 66.0. The monoisotopic (exact) mass is 770 g/mol. The number of rotatable bonds is 9. The molecule has 4 aromatic rings. The van der Waals surface area contributed by atoms with Gasteiger partial charge in [0.05, 0.1) is 63.2 Å². The third-order valence-electron chi connectivity index (χ3n) is 9.43. The van der Waals surface area contributed by atoms with Gasteiger partial charge >= 0.3 is 12.2 Å². The van der Waals surface area contributed by atoms with Gasteiger partial charge in [-0.1, -0.05) is 56.0 Å². The molecule has 2 aromatic heterocycles. The molecule has 294 valence electrons. The van der Waals surface area contributed by atoms with Crippen LogP contribution in [0.3, 0.4) is 0 Å². The first-order chi connectivity index (χ1) is 25.6. The van der Waals surface area contributed by atoms with Gasteiger partial charge in [0.1, 0.15) is 23.7 Å². The quantitative estimate of drug-likeness (QED) is 0.148. The van der Waals surface area contributed by atoms with Crippen molar-refractivity contribution >= 4 is 24.0 Å². The van der Waals surface area contributed by atoms with Crippen LogP contribution in [0.1, 0.15) is 57.8 Å². The van der Waals surface area contributed by atoms with Crippen molar-refractivity contribution in [2.75, 3.05) is 27.3 Å². The molecule has 6 rings (SSSR count). The average molecular weight is 771 g/mol. The highest BCUT2D eigenvalue weighted by atomic mass is 19.3. The van der Waals surface area contributed by atoms with Crippen molar-refractivity contribution in [3.63, 3.8) is 0 Å². The summed E-state index contributed by atoms with van der Waals surface area (Å²) >= 11 is 0. The Hall–Kier alpha value is -5.94. The number of nitrogens with one attached hydrogen (secondary N) is 4. The molecule has 2 saturated heterocycles. The van der Waals surface area contributed by atoms with Crippen molar-refractivity contribution in [1.29, 1.82) is 0 Å². The SMILES string of the molecule is C.COC(=O)N[C@@H](C)C(=O)N1CC(F)(F)C[C@H]1c1ncc(-c2ccc(-c3ccc(-c4cnc([C@@H]5CC(F)(F)CN5C(=O)[C@H](C)NC(=O)OC)[nH]4)cc3)cc2)[nH]1. The number of imidazole rings is 2. The van der Waals surface area contributed by atoms with Gasteiger partial charge in [-0.3, -0.25) is 9.59 Å². The third kappa shape index (κ3) is 8.73. The lowest BCUT2D eigenvalue weighted by Gasteiger charge is -2.25. The molecule has 0 bridgehead atoms. The molecular weight excluding hydrogens is 728 g/mol. The first-order valence-corrected chi connectivity index (χ1v) is 16.9. The molecule has 18 heteroatoms. The maximum absolute atomic E-state index is 14.5. The van der Waals surface area contributed by atoms with E-state index in [-0.39, 0.29) is 19.1 Å². The zero-order valence-corrected chi connectivity index (χ0v) is 29.7. The summed E-state index contributed by atoms with van der Waals surface area (Å²) < 4.78 is 67.2. The van der Waals surface area contributed by atoms with E-state index in [1.54, 1.807) is 0 Å². The fraction of sp³-hybridized carbons (Fsp3) is 0.405. The van der Waals surface area contributed by atoms with Gasteiger partial charge in [0.25, 0.3) is 11.8 Å². The Bertz CT molecular complexity index is 1880. The number of alkyl carbamates (subject to hydrolysis) is 2. The van der Waals surface area contributed by atoms with Crippen molar-refractivity contribution in [1.82, 2.24) is 40.4 Å². The maximum Gasteiger partial charge on any atom is 0.407 e. The lowest BCUT2D eigenvalue weighted by molar-refractivity contribution is -0.135. The number of methoxy groups -OCH3 is 2. The lowest BCUT2D eigenvalue weighted by Crippen LogP contribution is -2.47. The highest BCUT2D eigenvalue weighted by Crippen LogP contribution is 2.42. The Balaban J connectivity index is 0.00000580. The van der Waals surface area contributed by atoms with E-state index in [0.29, 0.717) is 11.4 Å². The molecule has 0 radical (unpaired) electrons. The second-order valence-corrected chi connectivity index (χ2v) is 13.3. The molecule has 4 atom stereocenters. The van der Waals surface area contributed by atoms with Crippen LogP contribution in [-0.2, 0) is 19.1 Å². The first kappa shape index (κ1) is 40.2. The van der Waals surface area contributed by atoms with E-state index in [0.717, 1.165) is 46.3 Å². The molecule has 2 aromatic carbocycles. The summed E-state index contributed by atoms with van der Waals surface area (Å²) in [6.45, 7) is 1.15. The van der Waals surface area contributed by atoms with Gasteiger partial charge in [0.2, 0.25) is 11.8 Å². The average Bonchev–Trinajstić information content (AvgIpc) is 3.96. The number of nitrogens with zero attached hydrogens (tertiary/aromatic N) is 4. The minimum absolute atomic E-state index is 0. The first-order valence-electron chi connectivity index (χ1n) is 16.9. The van der Waals surface area contributed by atoms with E-state index in [1.807, 2.05) is 48.5 Å². The molecule has 0 saturated carbocycles. The number of ether oxygens (including phenoxy) is 2. The predicted octanol–water partition coefficient (Wildman–Crippen LogP) is 6.08. The van der Waals surface area contributed by atoms with Crippen LogP contribution in [0.25, 0.3) is 33.6 Å². The van der Waals surface area contributed by atoms with Crippen LogP contribution in [0.2, 0.25) is 0 Å². The van der Waals surface area contributed by atoms with Gasteiger partial charge in [-0.05, 0) is 36.1 Å². The van der Waals surface area contributed by atoms with Crippen LogP contribution in [0.4, 0.5) is 27.2 Å². The summed E-state index contributed by atoms with van der Waals surface area (Å²) in [5.74, 6) is -7.30. The van der Waals surface area contributed by atoms with E-state index in [1.165, 1.54) is 26.2 Å². The second kappa shape index (κ2) is 15.8. The van der Waals surface area contributed by atoms with Gasteiger partial charge in [-0.15, -0.1) is 0 Å².